The molecule has 0 spiro atoms. The minimum Gasteiger partial charge on any atom is -0.348 e. The van der Waals surface area contributed by atoms with Gasteiger partial charge in [-0.3, -0.25) is 14.9 Å². The zero-order chi connectivity index (χ0) is 17.0. The summed E-state index contributed by atoms with van der Waals surface area (Å²) in [5.74, 6) is -0.727. The van der Waals surface area contributed by atoms with E-state index < -0.39 is 22.6 Å². The summed E-state index contributed by atoms with van der Waals surface area (Å²) in [5.41, 5.74) is -1.10. The second-order valence-electron chi connectivity index (χ2n) is 4.66. The van der Waals surface area contributed by atoms with E-state index >= 15 is 0 Å². The first kappa shape index (κ1) is 16.5. The number of carbonyl (C=O) groups excluding carboxylic acids is 1. The Morgan fingerprint density at radius 2 is 1.83 bits per heavy atom. The number of nitrogens with one attached hydrogen (secondary N) is 1. The lowest BCUT2D eigenvalue weighted by Crippen LogP contribution is -2.23. The zero-order valence-corrected chi connectivity index (χ0v) is 11.6. The van der Waals surface area contributed by atoms with Crippen LogP contribution in [-0.4, -0.2) is 10.8 Å². The monoisotopic (exact) mass is 324 g/mol. The van der Waals surface area contributed by atoms with E-state index in [4.69, 9.17) is 0 Å². The number of rotatable bonds is 4. The maximum Gasteiger partial charge on any atom is 0.416 e. The molecule has 5 nitrogen and oxygen atoms in total. The lowest BCUT2D eigenvalue weighted by Gasteiger charge is -2.09. The van der Waals surface area contributed by atoms with Gasteiger partial charge in [-0.2, -0.15) is 13.2 Å². The number of carbonyl (C=O) groups is 1. The minimum atomic E-state index is -4.47. The average Bonchev–Trinajstić information content (AvgIpc) is 2.52. The van der Waals surface area contributed by atoms with Crippen LogP contribution in [-0.2, 0) is 12.7 Å². The predicted octanol–water partition coefficient (Wildman–Crippen LogP) is 3.54. The summed E-state index contributed by atoms with van der Waals surface area (Å²) in [7, 11) is 0. The first-order valence-corrected chi connectivity index (χ1v) is 6.47. The Morgan fingerprint density at radius 3 is 2.48 bits per heavy atom. The van der Waals surface area contributed by atoms with Gasteiger partial charge in [-0.1, -0.05) is 24.3 Å². The van der Waals surface area contributed by atoms with Crippen molar-refractivity contribution in [2.75, 3.05) is 0 Å². The number of amides is 1. The van der Waals surface area contributed by atoms with Crippen molar-refractivity contribution >= 4 is 11.6 Å². The molecular formula is C15H11F3N2O3. The zero-order valence-electron chi connectivity index (χ0n) is 11.6. The van der Waals surface area contributed by atoms with Crippen LogP contribution in [0.5, 0.6) is 0 Å². The molecule has 2 aromatic carbocycles. The van der Waals surface area contributed by atoms with Gasteiger partial charge in [0.25, 0.3) is 11.6 Å². The molecule has 0 radical (unpaired) electrons. The van der Waals surface area contributed by atoms with Crippen molar-refractivity contribution in [3.63, 3.8) is 0 Å². The largest absolute Gasteiger partial charge is 0.416 e. The van der Waals surface area contributed by atoms with E-state index in [0.29, 0.717) is 0 Å². The van der Waals surface area contributed by atoms with Crippen molar-refractivity contribution in [3.8, 4) is 0 Å². The Labute approximate surface area is 128 Å². The van der Waals surface area contributed by atoms with Crippen LogP contribution in [0.2, 0.25) is 0 Å². The van der Waals surface area contributed by atoms with Crippen molar-refractivity contribution in [1.29, 1.82) is 0 Å². The highest BCUT2D eigenvalue weighted by molar-refractivity contribution is 5.98. The Hall–Kier alpha value is -2.90. The highest BCUT2D eigenvalue weighted by Gasteiger charge is 2.30. The van der Waals surface area contributed by atoms with Crippen LogP contribution in [0.15, 0.2) is 48.5 Å². The van der Waals surface area contributed by atoms with E-state index in [1.54, 1.807) is 0 Å². The fraction of sp³-hybridized carbons (Fsp3) is 0.133. The van der Waals surface area contributed by atoms with Gasteiger partial charge in [0.1, 0.15) is 5.56 Å². The molecule has 0 aromatic heterocycles. The van der Waals surface area contributed by atoms with Crippen LogP contribution in [0.3, 0.4) is 0 Å². The van der Waals surface area contributed by atoms with Gasteiger partial charge in [0.05, 0.1) is 10.5 Å². The summed E-state index contributed by atoms with van der Waals surface area (Å²) in [5, 5.41) is 13.2. The highest BCUT2D eigenvalue weighted by atomic mass is 19.4. The molecule has 0 aliphatic carbocycles. The van der Waals surface area contributed by atoms with Crippen molar-refractivity contribution < 1.29 is 22.9 Å². The fourth-order valence-electron chi connectivity index (χ4n) is 1.96. The summed E-state index contributed by atoms with van der Waals surface area (Å²) >= 11 is 0. The van der Waals surface area contributed by atoms with E-state index in [1.165, 1.54) is 36.4 Å². The number of benzene rings is 2. The first-order valence-electron chi connectivity index (χ1n) is 6.47. The molecular weight excluding hydrogens is 313 g/mol. The summed E-state index contributed by atoms with van der Waals surface area (Å²) in [6.45, 7) is -0.172. The smallest absolute Gasteiger partial charge is 0.348 e. The SMILES string of the molecule is O=C(NCc1cccc(C(F)(F)F)c1)c1ccccc1[N+](=O)[O-]. The second kappa shape index (κ2) is 6.47. The molecule has 0 saturated carbocycles. The number of hydrogen-bond donors (Lipinski definition) is 1. The molecule has 1 amide bonds. The first-order chi connectivity index (χ1) is 10.8. The molecule has 1 N–H and O–H groups in total. The Bertz CT molecular complexity index is 745. The third-order valence-corrected chi connectivity index (χ3v) is 3.05. The summed E-state index contributed by atoms with van der Waals surface area (Å²) in [6, 6.07) is 9.84. The van der Waals surface area contributed by atoms with Gasteiger partial charge in [-0.15, -0.1) is 0 Å². The van der Waals surface area contributed by atoms with E-state index in [-0.39, 0.29) is 23.4 Å². The Morgan fingerprint density at radius 1 is 1.13 bits per heavy atom. The third-order valence-electron chi connectivity index (χ3n) is 3.05. The summed E-state index contributed by atoms with van der Waals surface area (Å²) in [6.07, 6.45) is -4.47. The van der Waals surface area contributed by atoms with Gasteiger partial charge < -0.3 is 5.32 Å². The van der Waals surface area contributed by atoms with E-state index in [1.807, 2.05) is 0 Å². The van der Waals surface area contributed by atoms with Crippen LogP contribution >= 0.6 is 0 Å². The molecule has 0 aliphatic heterocycles. The fourth-order valence-corrected chi connectivity index (χ4v) is 1.96. The van der Waals surface area contributed by atoms with Gasteiger partial charge in [-0.05, 0) is 23.8 Å². The number of alkyl halides is 3. The maximum atomic E-state index is 12.6. The summed E-state index contributed by atoms with van der Waals surface area (Å²) < 4.78 is 37.8. The molecule has 0 bridgehead atoms. The maximum absolute atomic E-state index is 12.6. The van der Waals surface area contributed by atoms with Crippen molar-refractivity contribution in [1.82, 2.24) is 5.32 Å². The molecule has 2 aromatic rings. The highest BCUT2D eigenvalue weighted by Crippen LogP contribution is 2.29. The van der Waals surface area contributed by atoms with Crippen LogP contribution in [0.4, 0.5) is 18.9 Å². The molecule has 0 atom stereocenters. The number of halogens is 3. The average molecular weight is 324 g/mol. The van der Waals surface area contributed by atoms with Gasteiger partial charge in [0.2, 0.25) is 0 Å². The predicted molar refractivity (Wildman–Crippen MR) is 75.7 cm³/mol. The molecule has 0 aliphatic rings. The minimum absolute atomic E-state index is 0.149. The van der Waals surface area contributed by atoms with Gasteiger partial charge in [0.15, 0.2) is 0 Å². The quantitative estimate of drug-likeness (QED) is 0.690. The number of para-hydroxylation sites is 1. The standard InChI is InChI=1S/C15H11F3N2O3/c16-15(17,18)11-5-3-4-10(8-11)9-19-14(21)12-6-1-2-7-13(12)20(22)23/h1-8H,9H2,(H,19,21). The van der Waals surface area contributed by atoms with Crippen LogP contribution in [0.25, 0.3) is 0 Å². The number of nitrogens with zero attached hydrogens (tertiary/aromatic N) is 1. The van der Waals surface area contributed by atoms with Crippen molar-refractivity contribution in [3.05, 3.63) is 75.3 Å². The lowest BCUT2D eigenvalue weighted by molar-refractivity contribution is -0.385. The molecule has 8 heteroatoms. The van der Waals surface area contributed by atoms with Crippen molar-refractivity contribution in [2.45, 2.75) is 12.7 Å². The molecule has 0 saturated heterocycles. The van der Waals surface area contributed by atoms with E-state index in [0.717, 1.165) is 12.1 Å². The lowest BCUT2D eigenvalue weighted by atomic mass is 10.1. The summed E-state index contributed by atoms with van der Waals surface area (Å²) in [4.78, 5) is 22.1. The van der Waals surface area contributed by atoms with Gasteiger partial charge in [-0.25, -0.2) is 0 Å². The van der Waals surface area contributed by atoms with E-state index in [2.05, 4.69) is 5.32 Å². The molecule has 120 valence electrons. The number of nitro benzene ring substituents is 1. The van der Waals surface area contributed by atoms with Gasteiger partial charge >= 0.3 is 6.18 Å². The van der Waals surface area contributed by atoms with Gasteiger partial charge in [0, 0.05) is 12.6 Å². The molecule has 2 rings (SSSR count). The normalized spacial score (nSPS) is 11.1. The Balaban J connectivity index is 2.13. The third kappa shape index (κ3) is 4.06. The van der Waals surface area contributed by atoms with Crippen LogP contribution < -0.4 is 5.32 Å². The Kier molecular flexibility index (Phi) is 4.63. The van der Waals surface area contributed by atoms with Crippen LogP contribution in [0, 0.1) is 10.1 Å². The molecule has 0 unspecified atom stereocenters. The number of nitro groups is 1. The topological polar surface area (TPSA) is 72.2 Å². The number of hydrogen-bond acceptors (Lipinski definition) is 3. The second-order valence-corrected chi connectivity index (χ2v) is 4.66. The molecule has 0 fully saturated rings. The van der Waals surface area contributed by atoms with Crippen molar-refractivity contribution in [2.24, 2.45) is 0 Å². The van der Waals surface area contributed by atoms with E-state index in [9.17, 15) is 28.1 Å². The van der Waals surface area contributed by atoms with Crippen LogP contribution in [0.1, 0.15) is 21.5 Å². The molecule has 0 heterocycles. The molecule has 23 heavy (non-hydrogen) atoms.